The highest BCUT2D eigenvalue weighted by molar-refractivity contribution is 8.02. The summed E-state index contributed by atoms with van der Waals surface area (Å²) in [6, 6.07) is 0. The summed E-state index contributed by atoms with van der Waals surface area (Å²) >= 11 is 6.91. The van der Waals surface area contributed by atoms with Crippen molar-refractivity contribution in [3.8, 4) is 0 Å². The monoisotopic (exact) mass is 288 g/mol. The third-order valence-corrected chi connectivity index (χ3v) is 6.09. The van der Waals surface area contributed by atoms with E-state index in [0.717, 1.165) is 32.4 Å². The van der Waals surface area contributed by atoms with Gasteiger partial charge in [0.2, 0.25) is 5.91 Å². The van der Waals surface area contributed by atoms with E-state index in [1.54, 1.807) is 11.8 Å². The Hall–Kier alpha value is -0.290. The van der Waals surface area contributed by atoms with Gasteiger partial charge in [-0.1, -0.05) is 33.0 Å². The summed E-state index contributed by atoms with van der Waals surface area (Å²) in [5.41, 5.74) is 5.59. The van der Waals surface area contributed by atoms with Gasteiger partial charge in [0.25, 0.3) is 0 Å². The van der Waals surface area contributed by atoms with Crippen LogP contribution < -0.4 is 5.73 Å². The van der Waals surface area contributed by atoms with Gasteiger partial charge in [0.1, 0.15) is 0 Å². The molecule has 5 heteroatoms. The Balaban J connectivity index is 2.70. The number of thiocarbonyl (C=S) groups is 1. The summed E-state index contributed by atoms with van der Waals surface area (Å²) < 4.78 is -0.109. The lowest BCUT2D eigenvalue weighted by atomic mass is 9.86. The fourth-order valence-electron chi connectivity index (χ4n) is 2.20. The van der Waals surface area contributed by atoms with Crippen LogP contribution in [0.2, 0.25) is 0 Å². The molecule has 0 atom stereocenters. The van der Waals surface area contributed by atoms with Crippen molar-refractivity contribution in [3.05, 3.63) is 0 Å². The maximum atomic E-state index is 12.4. The highest BCUT2D eigenvalue weighted by atomic mass is 32.2. The molecule has 0 spiro atoms. The predicted octanol–water partition coefficient (Wildman–Crippen LogP) is 2.43. The molecule has 1 heterocycles. The molecule has 3 nitrogen and oxygen atoms in total. The Bertz CT molecular complexity index is 334. The van der Waals surface area contributed by atoms with Gasteiger partial charge in [0.05, 0.1) is 9.74 Å². The van der Waals surface area contributed by atoms with Gasteiger partial charge in [-0.05, 0) is 25.5 Å². The van der Waals surface area contributed by atoms with E-state index in [4.69, 9.17) is 18.0 Å². The molecule has 0 bridgehead atoms. The fourth-order valence-corrected chi connectivity index (χ4v) is 3.45. The standard InChI is InChI=1S/C13H24N2OS2/c1-5-12(2,3)11(16)15-8-6-13(18-4,7-9-15)10(14)17/h5-9H2,1-4H3,(H2,14,17). The second-order valence-electron chi connectivity index (χ2n) is 5.59. The SMILES string of the molecule is CCC(C)(C)C(=O)N1CCC(SC)(C(N)=S)CC1. The van der Waals surface area contributed by atoms with E-state index in [9.17, 15) is 4.79 Å². The molecule has 104 valence electrons. The Morgan fingerprint density at radius 2 is 1.94 bits per heavy atom. The van der Waals surface area contributed by atoms with Crippen LogP contribution in [0.25, 0.3) is 0 Å². The van der Waals surface area contributed by atoms with Crippen molar-refractivity contribution in [2.75, 3.05) is 19.3 Å². The fraction of sp³-hybridized carbons (Fsp3) is 0.846. The number of carbonyl (C=O) groups excluding carboxylic acids is 1. The number of amides is 1. The van der Waals surface area contributed by atoms with Gasteiger partial charge in [-0.2, -0.15) is 11.8 Å². The summed E-state index contributed by atoms with van der Waals surface area (Å²) in [4.78, 5) is 14.9. The lowest BCUT2D eigenvalue weighted by Gasteiger charge is -2.42. The summed E-state index contributed by atoms with van der Waals surface area (Å²) in [5.74, 6) is 0.252. The number of nitrogens with zero attached hydrogens (tertiary/aromatic N) is 1. The largest absolute Gasteiger partial charge is 0.392 e. The van der Waals surface area contributed by atoms with Crippen LogP contribution in [0, 0.1) is 5.41 Å². The molecule has 1 amide bonds. The first kappa shape index (κ1) is 15.8. The Morgan fingerprint density at radius 3 is 2.28 bits per heavy atom. The smallest absolute Gasteiger partial charge is 0.228 e. The molecular formula is C13H24N2OS2. The minimum Gasteiger partial charge on any atom is -0.392 e. The normalized spacial score (nSPS) is 19.7. The predicted molar refractivity (Wildman–Crippen MR) is 82.9 cm³/mol. The van der Waals surface area contributed by atoms with E-state index in [2.05, 4.69) is 6.92 Å². The van der Waals surface area contributed by atoms with Crippen LogP contribution in [0.1, 0.15) is 40.0 Å². The molecule has 1 aliphatic rings. The van der Waals surface area contributed by atoms with Crippen LogP contribution in [0.15, 0.2) is 0 Å². The zero-order valence-corrected chi connectivity index (χ0v) is 13.4. The van der Waals surface area contributed by atoms with Crippen molar-refractivity contribution >= 4 is 34.9 Å². The molecule has 0 aliphatic carbocycles. The second kappa shape index (κ2) is 5.78. The van der Waals surface area contributed by atoms with Gasteiger partial charge >= 0.3 is 0 Å². The molecule has 0 aromatic carbocycles. The third kappa shape index (κ3) is 2.99. The average Bonchev–Trinajstić information content (AvgIpc) is 2.37. The number of hydrogen-bond acceptors (Lipinski definition) is 3. The number of rotatable bonds is 4. The highest BCUT2D eigenvalue weighted by Crippen LogP contribution is 2.36. The van der Waals surface area contributed by atoms with Gasteiger partial charge in [0.15, 0.2) is 0 Å². The summed E-state index contributed by atoms with van der Waals surface area (Å²) in [7, 11) is 0. The van der Waals surface area contributed by atoms with Gasteiger partial charge in [-0.15, -0.1) is 0 Å². The average molecular weight is 288 g/mol. The summed E-state index contributed by atoms with van der Waals surface area (Å²) in [5, 5.41) is 0. The number of hydrogen-bond donors (Lipinski definition) is 1. The second-order valence-corrected chi connectivity index (χ2v) is 7.22. The lowest BCUT2D eigenvalue weighted by molar-refractivity contribution is -0.141. The molecule has 0 aromatic rings. The van der Waals surface area contributed by atoms with Crippen molar-refractivity contribution < 1.29 is 4.79 Å². The number of likely N-dealkylation sites (tertiary alicyclic amines) is 1. The van der Waals surface area contributed by atoms with E-state index in [0.29, 0.717) is 4.99 Å². The number of thioether (sulfide) groups is 1. The molecule has 1 rings (SSSR count). The van der Waals surface area contributed by atoms with Crippen LogP contribution in [0.5, 0.6) is 0 Å². The van der Waals surface area contributed by atoms with Crippen molar-refractivity contribution in [2.24, 2.45) is 11.1 Å². The van der Waals surface area contributed by atoms with Crippen molar-refractivity contribution in [1.29, 1.82) is 0 Å². The highest BCUT2D eigenvalue weighted by Gasteiger charge is 2.40. The van der Waals surface area contributed by atoms with E-state index in [1.807, 2.05) is 25.0 Å². The Labute approximate surface area is 120 Å². The summed E-state index contributed by atoms with van der Waals surface area (Å²) in [6.07, 6.45) is 4.65. The molecule has 18 heavy (non-hydrogen) atoms. The number of nitrogens with two attached hydrogens (primary N) is 1. The van der Waals surface area contributed by atoms with Crippen LogP contribution in [0.3, 0.4) is 0 Å². The van der Waals surface area contributed by atoms with Gasteiger partial charge in [-0.25, -0.2) is 0 Å². The van der Waals surface area contributed by atoms with Crippen molar-refractivity contribution in [3.63, 3.8) is 0 Å². The molecule has 0 radical (unpaired) electrons. The molecule has 1 saturated heterocycles. The number of piperidine rings is 1. The van der Waals surface area contributed by atoms with E-state index in [-0.39, 0.29) is 16.1 Å². The first-order valence-electron chi connectivity index (χ1n) is 6.43. The molecular weight excluding hydrogens is 264 g/mol. The Morgan fingerprint density at radius 1 is 1.44 bits per heavy atom. The van der Waals surface area contributed by atoms with Gasteiger partial charge in [-0.3, -0.25) is 4.79 Å². The van der Waals surface area contributed by atoms with Crippen LogP contribution in [-0.4, -0.2) is 39.9 Å². The first-order valence-corrected chi connectivity index (χ1v) is 8.07. The van der Waals surface area contributed by atoms with E-state index >= 15 is 0 Å². The minimum absolute atomic E-state index is 0.109. The lowest BCUT2D eigenvalue weighted by Crippen LogP contribution is -2.52. The van der Waals surface area contributed by atoms with E-state index < -0.39 is 0 Å². The van der Waals surface area contributed by atoms with Crippen molar-refractivity contribution in [1.82, 2.24) is 4.90 Å². The summed E-state index contributed by atoms with van der Waals surface area (Å²) in [6.45, 7) is 7.61. The van der Waals surface area contributed by atoms with Crippen LogP contribution in [0.4, 0.5) is 0 Å². The van der Waals surface area contributed by atoms with E-state index in [1.165, 1.54) is 0 Å². The molecule has 0 unspecified atom stereocenters. The maximum Gasteiger partial charge on any atom is 0.228 e. The molecule has 0 saturated carbocycles. The minimum atomic E-state index is -0.261. The quantitative estimate of drug-likeness (QED) is 0.807. The van der Waals surface area contributed by atoms with Crippen LogP contribution >= 0.6 is 24.0 Å². The van der Waals surface area contributed by atoms with Gasteiger partial charge in [0, 0.05) is 18.5 Å². The molecule has 2 N–H and O–H groups in total. The zero-order valence-electron chi connectivity index (χ0n) is 11.8. The third-order valence-electron chi connectivity index (χ3n) is 4.16. The van der Waals surface area contributed by atoms with Crippen LogP contribution in [-0.2, 0) is 4.79 Å². The maximum absolute atomic E-state index is 12.4. The van der Waals surface area contributed by atoms with Crippen molar-refractivity contribution in [2.45, 2.75) is 44.8 Å². The topological polar surface area (TPSA) is 46.3 Å². The molecule has 0 aromatic heterocycles. The molecule has 1 fully saturated rings. The number of carbonyl (C=O) groups is 1. The van der Waals surface area contributed by atoms with Gasteiger partial charge < -0.3 is 10.6 Å². The first-order chi connectivity index (χ1) is 8.29. The zero-order chi connectivity index (χ0) is 14.0. The Kier molecular flexibility index (Phi) is 5.06. The molecule has 1 aliphatic heterocycles.